The second-order valence-corrected chi connectivity index (χ2v) is 7.80. The van der Waals surface area contributed by atoms with E-state index in [1.807, 2.05) is 50.2 Å². The number of nitrogens with one attached hydrogen (secondary N) is 1. The highest BCUT2D eigenvalue weighted by molar-refractivity contribution is 6.32. The van der Waals surface area contributed by atoms with E-state index < -0.39 is 5.91 Å². The predicted octanol–water partition coefficient (Wildman–Crippen LogP) is 6.14. The number of rotatable bonds is 8. The van der Waals surface area contributed by atoms with Gasteiger partial charge in [-0.05, 0) is 49.2 Å². The second kappa shape index (κ2) is 10.2. The zero-order chi connectivity index (χ0) is 23.2. The summed E-state index contributed by atoms with van der Waals surface area (Å²) >= 11 is 6.48. The number of furan rings is 1. The van der Waals surface area contributed by atoms with Gasteiger partial charge in [0.15, 0.2) is 17.3 Å². The first kappa shape index (κ1) is 22.4. The summed E-state index contributed by atoms with van der Waals surface area (Å²) in [4.78, 5) is 12.3. The highest BCUT2D eigenvalue weighted by Crippen LogP contribution is 2.37. The molecule has 0 aliphatic rings. The lowest BCUT2D eigenvalue weighted by atomic mass is 10.1. The van der Waals surface area contributed by atoms with Crippen molar-refractivity contribution < 1.29 is 18.7 Å². The van der Waals surface area contributed by atoms with Gasteiger partial charge in [0.25, 0.3) is 0 Å². The molecule has 0 saturated carbocycles. The molecular formula is C26H23ClN2O4. The van der Waals surface area contributed by atoms with Gasteiger partial charge in [0.2, 0.25) is 0 Å². The van der Waals surface area contributed by atoms with E-state index in [2.05, 4.69) is 16.6 Å². The maximum Gasteiger partial charge on any atom is 0.307 e. The molecule has 1 heterocycles. The van der Waals surface area contributed by atoms with Crippen LogP contribution in [0, 0.1) is 6.92 Å². The lowest BCUT2D eigenvalue weighted by Gasteiger charge is -2.14. The van der Waals surface area contributed by atoms with Gasteiger partial charge in [-0.2, -0.15) is 5.10 Å². The lowest BCUT2D eigenvalue weighted by Crippen LogP contribution is -2.16. The Bertz CT molecular complexity index is 1280. The summed E-state index contributed by atoms with van der Waals surface area (Å²) in [6.07, 6.45) is 1.49. The molecule has 4 rings (SSSR count). The minimum atomic E-state index is -0.448. The van der Waals surface area contributed by atoms with E-state index in [1.54, 1.807) is 24.3 Å². The Balaban J connectivity index is 1.46. The van der Waals surface area contributed by atoms with Crippen LogP contribution in [-0.4, -0.2) is 18.7 Å². The average Bonchev–Trinajstić information content (AvgIpc) is 3.23. The molecule has 0 bridgehead atoms. The van der Waals surface area contributed by atoms with Gasteiger partial charge in [-0.25, -0.2) is 5.43 Å². The SMILES string of the molecule is CCOc1cc(/C=N/NC(=O)c2cc3ccccc3o2)cc(Cl)c1OCc1cccc(C)c1. The minimum absolute atomic E-state index is 0.182. The fraction of sp³-hybridized carbons (Fsp3) is 0.154. The Labute approximate surface area is 196 Å². The van der Waals surface area contributed by atoms with Gasteiger partial charge in [0, 0.05) is 5.39 Å². The number of benzene rings is 3. The van der Waals surface area contributed by atoms with Crippen LogP contribution in [0.3, 0.4) is 0 Å². The molecule has 1 amide bonds. The second-order valence-electron chi connectivity index (χ2n) is 7.39. The molecule has 1 aromatic heterocycles. The minimum Gasteiger partial charge on any atom is -0.490 e. The Morgan fingerprint density at radius 1 is 1.09 bits per heavy atom. The number of hydrazone groups is 1. The van der Waals surface area contributed by atoms with E-state index in [9.17, 15) is 4.79 Å². The first-order valence-electron chi connectivity index (χ1n) is 10.5. The lowest BCUT2D eigenvalue weighted by molar-refractivity contribution is 0.0929. The fourth-order valence-corrected chi connectivity index (χ4v) is 3.61. The van der Waals surface area contributed by atoms with Crippen molar-refractivity contribution in [2.24, 2.45) is 5.10 Å². The zero-order valence-electron chi connectivity index (χ0n) is 18.3. The van der Waals surface area contributed by atoms with Crippen LogP contribution in [0.15, 0.2) is 76.2 Å². The van der Waals surface area contributed by atoms with E-state index in [4.69, 9.17) is 25.5 Å². The van der Waals surface area contributed by atoms with Crippen LogP contribution >= 0.6 is 11.6 Å². The van der Waals surface area contributed by atoms with Crippen LogP contribution in [0.2, 0.25) is 5.02 Å². The Morgan fingerprint density at radius 2 is 1.94 bits per heavy atom. The molecule has 6 nitrogen and oxygen atoms in total. The van der Waals surface area contributed by atoms with Gasteiger partial charge >= 0.3 is 5.91 Å². The van der Waals surface area contributed by atoms with Crippen molar-refractivity contribution in [2.45, 2.75) is 20.5 Å². The zero-order valence-corrected chi connectivity index (χ0v) is 19.1. The topological polar surface area (TPSA) is 73.1 Å². The molecule has 3 aromatic carbocycles. The van der Waals surface area contributed by atoms with Crippen molar-refractivity contribution >= 4 is 34.7 Å². The number of fused-ring (bicyclic) bond motifs is 1. The van der Waals surface area contributed by atoms with Crippen molar-refractivity contribution in [1.29, 1.82) is 0 Å². The first-order valence-corrected chi connectivity index (χ1v) is 10.9. The molecule has 7 heteroatoms. The molecule has 0 aliphatic carbocycles. The molecular weight excluding hydrogens is 440 g/mol. The van der Waals surface area contributed by atoms with Crippen molar-refractivity contribution in [1.82, 2.24) is 5.43 Å². The van der Waals surface area contributed by atoms with Gasteiger partial charge < -0.3 is 13.9 Å². The van der Waals surface area contributed by atoms with E-state index in [0.717, 1.165) is 16.5 Å². The van der Waals surface area contributed by atoms with Gasteiger partial charge in [-0.3, -0.25) is 4.79 Å². The maximum absolute atomic E-state index is 12.3. The molecule has 168 valence electrons. The molecule has 0 atom stereocenters. The molecule has 0 spiro atoms. The van der Waals surface area contributed by atoms with Crippen LogP contribution in [0.5, 0.6) is 11.5 Å². The highest BCUT2D eigenvalue weighted by atomic mass is 35.5. The number of ether oxygens (including phenoxy) is 2. The van der Waals surface area contributed by atoms with E-state index in [-0.39, 0.29) is 5.76 Å². The van der Waals surface area contributed by atoms with E-state index in [0.29, 0.717) is 40.9 Å². The van der Waals surface area contributed by atoms with Gasteiger partial charge in [-0.1, -0.05) is 59.6 Å². The van der Waals surface area contributed by atoms with Gasteiger partial charge in [0.05, 0.1) is 17.8 Å². The van der Waals surface area contributed by atoms with Crippen LogP contribution in [0.4, 0.5) is 0 Å². The van der Waals surface area contributed by atoms with Gasteiger partial charge in [0.1, 0.15) is 12.2 Å². The van der Waals surface area contributed by atoms with E-state index in [1.165, 1.54) is 6.21 Å². The van der Waals surface area contributed by atoms with Crippen LogP contribution in [0.25, 0.3) is 11.0 Å². The monoisotopic (exact) mass is 462 g/mol. The van der Waals surface area contributed by atoms with Gasteiger partial charge in [-0.15, -0.1) is 0 Å². The summed E-state index contributed by atoms with van der Waals surface area (Å²) in [5, 5.41) is 5.26. The third-order valence-electron chi connectivity index (χ3n) is 4.83. The summed E-state index contributed by atoms with van der Waals surface area (Å²) in [6, 6.07) is 20.6. The summed E-state index contributed by atoms with van der Waals surface area (Å²) in [7, 11) is 0. The molecule has 0 aliphatic heterocycles. The molecule has 0 radical (unpaired) electrons. The summed E-state index contributed by atoms with van der Waals surface area (Å²) in [5.41, 5.74) is 5.95. The number of hydrogen-bond acceptors (Lipinski definition) is 5. The summed E-state index contributed by atoms with van der Waals surface area (Å²) in [6.45, 7) is 4.72. The smallest absolute Gasteiger partial charge is 0.307 e. The third-order valence-corrected chi connectivity index (χ3v) is 5.11. The van der Waals surface area contributed by atoms with E-state index >= 15 is 0 Å². The summed E-state index contributed by atoms with van der Waals surface area (Å²) in [5.74, 6) is 0.698. The fourth-order valence-electron chi connectivity index (χ4n) is 3.34. The number of nitrogens with zero attached hydrogens (tertiary/aromatic N) is 1. The Morgan fingerprint density at radius 3 is 2.73 bits per heavy atom. The number of hydrogen-bond donors (Lipinski definition) is 1. The molecule has 0 unspecified atom stereocenters. The van der Waals surface area contributed by atoms with Crippen LogP contribution in [-0.2, 0) is 6.61 Å². The number of aryl methyl sites for hydroxylation is 1. The summed E-state index contributed by atoms with van der Waals surface area (Å²) < 4.78 is 17.2. The highest BCUT2D eigenvalue weighted by Gasteiger charge is 2.14. The normalized spacial score (nSPS) is 11.1. The van der Waals surface area contributed by atoms with Crippen molar-refractivity contribution in [2.75, 3.05) is 6.61 Å². The van der Waals surface area contributed by atoms with Crippen molar-refractivity contribution in [3.63, 3.8) is 0 Å². The Hall–Kier alpha value is -3.77. The molecule has 4 aromatic rings. The number of para-hydroxylation sites is 1. The molecule has 0 saturated heterocycles. The molecule has 33 heavy (non-hydrogen) atoms. The maximum atomic E-state index is 12.3. The first-order chi connectivity index (χ1) is 16.0. The Kier molecular flexibility index (Phi) is 6.95. The number of amides is 1. The number of halogens is 1. The number of carbonyl (C=O) groups excluding carboxylic acids is 1. The number of carbonyl (C=O) groups is 1. The van der Waals surface area contributed by atoms with Crippen LogP contribution < -0.4 is 14.9 Å². The van der Waals surface area contributed by atoms with Crippen LogP contribution in [0.1, 0.15) is 34.2 Å². The molecule has 1 N–H and O–H groups in total. The van der Waals surface area contributed by atoms with Crippen molar-refractivity contribution in [3.05, 3.63) is 94.2 Å². The third kappa shape index (κ3) is 5.54. The average molecular weight is 463 g/mol. The quantitative estimate of drug-likeness (QED) is 0.252. The predicted molar refractivity (Wildman–Crippen MR) is 129 cm³/mol. The standard InChI is InChI=1S/C26H23ClN2O4/c1-3-31-23-13-19(12-21(27)25(23)32-16-18-8-6-7-17(2)11-18)15-28-29-26(30)24-14-20-9-4-5-10-22(20)33-24/h4-15H,3,16H2,1-2H3,(H,29,30)/b28-15+. The van der Waals surface area contributed by atoms with Crippen molar-refractivity contribution in [3.8, 4) is 11.5 Å². The largest absolute Gasteiger partial charge is 0.490 e. The molecule has 0 fully saturated rings.